The Morgan fingerprint density at radius 2 is 1.81 bits per heavy atom. The van der Waals surface area contributed by atoms with Gasteiger partial charge in [-0.25, -0.2) is 4.79 Å². The fourth-order valence-electron chi connectivity index (χ4n) is 6.06. The van der Waals surface area contributed by atoms with E-state index in [0.29, 0.717) is 19.6 Å². The Morgan fingerprint density at radius 3 is 2.61 bits per heavy atom. The van der Waals surface area contributed by atoms with Gasteiger partial charge in [-0.2, -0.15) is 0 Å². The third-order valence-electron chi connectivity index (χ3n) is 7.73. The molecule has 0 aromatic heterocycles. The maximum absolute atomic E-state index is 14.2. The largest absolute Gasteiger partial charge is 0.454 e. The summed E-state index contributed by atoms with van der Waals surface area (Å²) in [4.78, 5) is 46.4. The number of ether oxygens (including phenoxy) is 2. The van der Waals surface area contributed by atoms with Gasteiger partial charge in [-0.05, 0) is 56.5 Å². The first kappa shape index (κ1) is 22.8. The molecule has 2 atom stereocenters. The minimum Gasteiger partial charge on any atom is -0.454 e. The molecule has 1 spiro atoms. The molecule has 4 amide bonds. The van der Waals surface area contributed by atoms with Crippen molar-refractivity contribution in [3.8, 4) is 11.5 Å². The summed E-state index contributed by atoms with van der Waals surface area (Å²) in [6.45, 7) is 8.26. The van der Waals surface area contributed by atoms with Crippen LogP contribution in [0.15, 0.2) is 42.5 Å². The number of piperazine rings is 1. The van der Waals surface area contributed by atoms with E-state index in [1.54, 1.807) is 0 Å². The fraction of sp³-hybridized carbons (Fsp3) is 0.444. The van der Waals surface area contributed by atoms with Crippen LogP contribution in [-0.4, -0.2) is 65.7 Å². The van der Waals surface area contributed by atoms with Gasteiger partial charge in [0, 0.05) is 37.4 Å². The molecule has 9 heteroatoms. The zero-order valence-corrected chi connectivity index (χ0v) is 20.7. The average Bonchev–Trinajstić information content (AvgIpc) is 3.29. The predicted molar refractivity (Wildman–Crippen MR) is 132 cm³/mol. The zero-order chi connectivity index (χ0) is 25.2. The summed E-state index contributed by atoms with van der Waals surface area (Å²) < 4.78 is 11.0. The number of para-hydroxylation sites is 1. The normalized spacial score (nSPS) is 25.6. The number of benzene rings is 2. The summed E-state index contributed by atoms with van der Waals surface area (Å²) >= 11 is 0. The number of hydrogen-bond acceptors (Lipinski definition) is 7. The van der Waals surface area contributed by atoms with Crippen LogP contribution in [0.1, 0.15) is 31.9 Å². The first-order valence-corrected chi connectivity index (χ1v) is 12.3. The van der Waals surface area contributed by atoms with Crippen LogP contribution < -0.4 is 19.7 Å². The van der Waals surface area contributed by atoms with Crippen LogP contribution in [0.2, 0.25) is 0 Å². The van der Waals surface area contributed by atoms with Crippen LogP contribution in [0.4, 0.5) is 10.5 Å². The lowest BCUT2D eigenvalue weighted by Gasteiger charge is -2.56. The van der Waals surface area contributed by atoms with Crippen LogP contribution in [0, 0.1) is 5.41 Å². The molecule has 6 rings (SSSR count). The van der Waals surface area contributed by atoms with E-state index >= 15 is 0 Å². The first-order valence-electron chi connectivity index (χ1n) is 12.3. The lowest BCUT2D eigenvalue weighted by molar-refractivity contribution is -0.157. The van der Waals surface area contributed by atoms with E-state index < -0.39 is 34.8 Å². The molecule has 2 fully saturated rings. The van der Waals surface area contributed by atoms with E-state index in [2.05, 4.69) is 21.2 Å². The summed E-state index contributed by atoms with van der Waals surface area (Å²) in [5.41, 5.74) is 0.907. The van der Waals surface area contributed by atoms with E-state index in [0.717, 1.165) is 34.9 Å². The van der Waals surface area contributed by atoms with Crippen molar-refractivity contribution in [2.24, 2.45) is 5.41 Å². The smallest absolute Gasteiger partial charge is 0.331 e. The van der Waals surface area contributed by atoms with Gasteiger partial charge in [0.05, 0.1) is 6.04 Å². The van der Waals surface area contributed by atoms with Crippen LogP contribution in [0.5, 0.6) is 11.5 Å². The molecule has 188 valence electrons. The standard InChI is InChI=1S/C27H30N4O5/c1-26(2,3)31-24(33)27(23(32)28-25(31)34)13-18-6-4-5-7-19(18)30-11-10-29(15-22(27)30)14-17-8-9-20-21(12-17)36-16-35-20/h4-9,12,22H,10-11,13-16H2,1-3H3,(H,28,32,34)/t22-,27+/m0/s1. The fourth-order valence-corrected chi connectivity index (χ4v) is 6.06. The van der Waals surface area contributed by atoms with Gasteiger partial charge in [0.25, 0.3) is 0 Å². The van der Waals surface area contributed by atoms with Gasteiger partial charge in [0.15, 0.2) is 16.9 Å². The summed E-state index contributed by atoms with van der Waals surface area (Å²) in [7, 11) is 0. The Morgan fingerprint density at radius 1 is 1.03 bits per heavy atom. The molecule has 0 unspecified atom stereocenters. The molecular weight excluding hydrogens is 460 g/mol. The highest BCUT2D eigenvalue weighted by molar-refractivity contribution is 6.20. The van der Waals surface area contributed by atoms with E-state index in [1.807, 2.05) is 57.2 Å². The number of barbiturate groups is 1. The van der Waals surface area contributed by atoms with Crippen molar-refractivity contribution in [1.82, 2.24) is 15.1 Å². The Hall–Kier alpha value is -3.59. The van der Waals surface area contributed by atoms with Gasteiger partial charge in [0.2, 0.25) is 18.6 Å². The van der Waals surface area contributed by atoms with Crippen molar-refractivity contribution in [3.05, 3.63) is 53.6 Å². The number of nitrogens with one attached hydrogen (secondary N) is 1. The SMILES string of the molecule is CC(C)(C)N1C(=O)NC(=O)[C@]2(Cc3ccccc3N3CCN(Cc4ccc5c(c4)OCO5)C[C@H]32)C1=O. The molecule has 0 radical (unpaired) electrons. The number of hydrogen-bond donors (Lipinski definition) is 1. The van der Waals surface area contributed by atoms with Crippen molar-refractivity contribution < 1.29 is 23.9 Å². The second-order valence-corrected chi connectivity index (χ2v) is 11.0. The van der Waals surface area contributed by atoms with Crippen LogP contribution in [0.3, 0.4) is 0 Å². The Labute approximate surface area is 209 Å². The van der Waals surface area contributed by atoms with Gasteiger partial charge in [-0.15, -0.1) is 0 Å². The lowest BCUT2D eigenvalue weighted by Crippen LogP contribution is -2.76. The number of rotatable bonds is 2. The third-order valence-corrected chi connectivity index (χ3v) is 7.73. The molecule has 1 N–H and O–H groups in total. The summed E-state index contributed by atoms with van der Waals surface area (Å²) in [5, 5.41) is 2.54. The minimum atomic E-state index is -1.40. The summed E-state index contributed by atoms with van der Waals surface area (Å²) in [5.74, 6) is 0.545. The number of imide groups is 2. The Balaban J connectivity index is 1.38. The van der Waals surface area contributed by atoms with E-state index in [-0.39, 0.29) is 13.2 Å². The second kappa shape index (κ2) is 7.96. The monoisotopic (exact) mass is 490 g/mol. The van der Waals surface area contributed by atoms with Gasteiger partial charge in [-0.1, -0.05) is 24.3 Å². The maximum Gasteiger partial charge on any atom is 0.331 e. The van der Waals surface area contributed by atoms with Gasteiger partial charge < -0.3 is 14.4 Å². The molecule has 0 saturated carbocycles. The lowest BCUT2D eigenvalue weighted by atomic mass is 9.67. The molecule has 9 nitrogen and oxygen atoms in total. The highest BCUT2D eigenvalue weighted by atomic mass is 16.7. The second-order valence-electron chi connectivity index (χ2n) is 11.0. The maximum atomic E-state index is 14.2. The molecule has 0 bridgehead atoms. The van der Waals surface area contributed by atoms with Gasteiger partial charge in [0.1, 0.15) is 0 Å². The molecule has 4 aliphatic heterocycles. The van der Waals surface area contributed by atoms with E-state index in [4.69, 9.17) is 9.47 Å². The van der Waals surface area contributed by atoms with Crippen LogP contribution in [0.25, 0.3) is 0 Å². The Bertz CT molecular complexity index is 1270. The first-order chi connectivity index (χ1) is 17.2. The van der Waals surface area contributed by atoms with Crippen molar-refractivity contribution in [3.63, 3.8) is 0 Å². The quantitative estimate of drug-likeness (QED) is 0.647. The number of carbonyl (C=O) groups is 3. The molecule has 2 aromatic carbocycles. The molecule has 4 aliphatic rings. The number of nitrogens with zero attached hydrogens (tertiary/aromatic N) is 3. The minimum absolute atomic E-state index is 0.224. The zero-order valence-electron chi connectivity index (χ0n) is 20.7. The van der Waals surface area contributed by atoms with Crippen molar-refractivity contribution in [1.29, 1.82) is 0 Å². The number of fused-ring (bicyclic) bond motifs is 5. The number of amides is 4. The third kappa shape index (κ3) is 3.37. The molecule has 2 aromatic rings. The number of urea groups is 1. The van der Waals surface area contributed by atoms with Gasteiger partial charge >= 0.3 is 6.03 Å². The summed E-state index contributed by atoms with van der Waals surface area (Å²) in [6.07, 6.45) is 0.257. The van der Waals surface area contributed by atoms with Crippen molar-refractivity contribution in [2.45, 2.75) is 45.3 Å². The highest BCUT2D eigenvalue weighted by Crippen LogP contribution is 2.46. The predicted octanol–water partition coefficient (Wildman–Crippen LogP) is 2.53. The molecule has 2 saturated heterocycles. The summed E-state index contributed by atoms with van der Waals surface area (Å²) in [6, 6.07) is 12.8. The number of anilines is 1. The molecule has 4 heterocycles. The van der Waals surface area contributed by atoms with Crippen molar-refractivity contribution >= 4 is 23.5 Å². The average molecular weight is 491 g/mol. The number of carbonyl (C=O) groups excluding carboxylic acids is 3. The van der Waals surface area contributed by atoms with Gasteiger partial charge in [-0.3, -0.25) is 24.7 Å². The van der Waals surface area contributed by atoms with E-state index in [9.17, 15) is 14.4 Å². The van der Waals surface area contributed by atoms with Crippen LogP contribution >= 0.6 is 0 Å². The molecular formula is C27H30N4O5. The topological polar surface area (TPSA) is 91.4 Å². The van der Waals surface area contributed by atoms with E-state index in [1.165, 1.54) is 4.90 Å². The Kier molecular flexibility index (Phi) is 5.05. The highest BCUT2D eigenvalue weighted by Gasteiger charge is 2.64. The van der Waals surface area contributed by atoms with Crippen LogP contribution in [-0.2, 0) is 22.6 Å². The molecule has 36 heavy (non-hydrogen) atoms. The molecule has 0 aliphatic carbocycles. The van der Waals surface area contributed by atoms with Crippen molar-refractivity contribution in [2.75, 3.05) is 31.3 Å².